The Kier molecular flexibility index (Phi) is 9.49. The van der Waals surface area contributed by atoms with Crippen LogP contribution in [-0.4, -0.2) is 64.7 Å². The molecule has 0 bridgehead atoms. The van der Waals surface area contributed by atoms with E-state index in [1.54, 1.807) is 12.1 Å². The van der Waals surface area contributed by atoms with Crippen molar-refractivity contribution in [2.45, 2.75) is 38.4 Å². The molecule has 0 aliphatic heterocycles. The maximum atomic E-state index is 12.5. The monoisotopic (exact) mass is 490 g/mol. The van der Waals surface area contributed by atoms with Gasteiger partial charge in [-0.25, -0.2) is 4.98 Å². The van der Waals surface area contributed by atoms with E-state index < -0.39 is 41.8 Å². The molecule has 0 radical (unpaired) electrons. The number of aldehydes is 1. The number of phenols is 1. The molecule has 1 aromatic carbocycles. The van der Waals surface area contributed by atoms with Crippen LogP contribution in [0.2, 0.25) is 0 Å². The van der Waals surface area contributed by atoms with Gasteiger partial charge in [-0.2, -0.15) is 0 Å². The van der Waals surface area contributed by atoms with Crippen molar-refractivity contribution < 1.29 is 29.1 Å². The van der Waals surface area contributed by atoms with Gasteiger partial charge in [0.25, 0.3) is 0 Å². The quantitative estimate of drug-likeness (QED) is 0.210. The summed E-state index contributed by atoms with van der Waals surface area (Å²) < 4.78 is 0. The second-order valence-corrected chi connectivity index (χ2v) is 8.46. The van der Waals surface area contributed by atoms with Crippen LogP contribution in [0.5, 0.6) is 5.75 Å². The first-order valence-corrected chi connectivity index (χ1v) is 11.0. The second-order valence-electron chi connectivity index (χ2n) is 7.39. The van der Waals surface area contributed by atoms with Gasteiger partial charge in [0.2, 0.25) is 23.6 Å². The Morgan fingerprint density at radius 2 is 1.68 bits per heavy atom. The summed E-state index contributed by atoms with van der Waals surface area (Å²) in [7, 11) is 0. The lowest BCUT2D eigenvalue weighted by atomic mass is 10.0. The molecule has 2 rings (SSSR count). The summed E-state index contributed by atoms with van der Waals surface area (Å²) in [5, 5.41) is 19.9. The van der Waals surface area contributed by atoms with Gasteiger partial charge in [-0.3, -0.25) is 24.0 Å². The molecule has 0 spiro atoms. The highest BCUT2D eigenvalue weighted by molar-refractivity contribution is 7.17. The van der Waals surface area contributed by atoms with Gasteiger partial charge < -0.3 is 32.1 Å². The standard InChI is InChI=1S/C21H26N6O6S/c1-11(25-17(30)9-24-21-23-8-15(10-28)34-21)19(32)26-12(2)20(33)27-16(18(22)31)7-13-3-5-14(29)6-4-13/h3-6,8,10-12,16,29H,7,9H2,1-2H3,(H2,22,31)(H,23,24)(H,25,30)(H,26,32)(H,27,33)/t11-,12-,16-/m0/s1. The maximum absolute atomic E-state index is 12.5. The predicted octanol–water partition coefficient (Wildman–Crippen LogP) is -0.705. The minimum absolute atomic E-state index is 0.0620. The molecule has 1 aromatic heterocycles. The smallest absolute Gasteiger partial charge is 0.242 e. The number of carbonyl (C=O) groups is 5. The van der Waals surface area contributed by atoms with Gasteiger partial charge in [0.15, 0.2) is 11.4 Å². The second kappa shape index (κ2) is 12.3. The van der Waals surface area contributed by atoms with Gasteiger partial charge in [0.05, 0.1) is 17.6 Å². The maximum Gasteiger partial charge on any atom is 0.242 e. The largest absolute Gasteiger partial charge is 0.508 e. The van der Waals surface area contributed by atoms with E-state index in [1.165, 1.54) is 32.2 Å². The Labute approximate surface area is 199 Å². The van der Waals surface area contributed by atoms with Crippen LogP contribution in [0.25, 0.3) is 0 Å². The molecule has 2 aromatic rings. The lowest BCUT2D eigenvalue weighted by Crippen LogP contribution is -2.55. The molecule has 7 N–H and O–H groups in total. The van der Waals surface area contributed by atoms with Gasteiger partial charge in [0.1, 0.15) is 23.9 Å². The number of carbonyl (C=O) groups excluding carboxylic acids is 5. The van der Waals surface area contributed by atoms with E-state index in [4.69, 9.17) is 5.73 Å². The molecular formula is C21H26N6O6S. The van der Waals surface area contributed by atoms with Crippen molar-refractivity contribution in [2.75, 3.05) is 11.9 Å². The minimum Gasteiger partial charge on any atom is -0.508 e. The molecular weight excluding hydrogens is 464 g/mol. The first-order valence-electron chi connectivity index (χ1n) is 10.2. The molecule has 34 heavy (non-hydrogen) atoms. The van der Waals surface area contributed by atoms with Gasteiger partial charge >= 0.3 is 0 Å². The average molecular weight is 491 g/mol. The summed E-state index contributed by atoms with van der Waals surface area (Å²) >= 11 is 1.08. The van der Waals surface area contributed by atoms with Gasteiger partial charge in [-0.15, -0.1) is 0 Å². The number of hydrogen-bond donors (Lipinski definition) is 6. The molecule has 4 amide bonds. The van der Waals surface area contributed by atoms with Crippen LogP contribution in [0.3, 0.4) is 0 Å². The third-order valence-corrected chi connectivity index (χ3v) is 5.48. The van der Waals surface area contributed by atoms with E-state index in [0.29, 0.717) is 21.9 Å². The minimum atomic E-state index is -1.02. The number of aromatic hydroxyl groups is 1. The summed E-state index contributed by atoms with van der Waals surface area (Å²) in [6, 6.07) is 3.10. The number of hydrogen-bond acceptors (Lipinski definition) is 9. The summed E-state index contributed by atoms with van der Waals surface area (Å²) in [6.07, 6.45) is 2.12. The number of nitrogens with zero attached hydrogens (tertiary/aromatic N) is 1. The summed E-state index contributed by atoms with van der Waals surface area (Å²) in [4.78, 5) is 63.6. The van der Waals surface area contributed by atoms with E-state index in [-0.39, 0.29) is 18.7 Å². The highest BCUT2D eigenvalue weighted by Gasteiger charge is 2.25. The number of aromatic nitrogens is 1. The molecule has 13 heteroatoms. The fraction of sp³-hybridized carbons (Fsp3) is 0.333. The number of anilines is 1. The van der Waals surface area contributed by atoms with E-state index in [9.17, 15) is 29.1 Å². The summed E-state index contributed by atoms with van der Waals surface area (Å²) in [5.74, 6) is -2.43. The number of benzene rings is 1. The van der Waals surface area contributed by atoms with Crippen molar-refractivity contribution in [1.29, 1.82) is 0 Å². The Morgan fingerprint density at radius 1 is 1.06 bits per heavy atom. The normalized spacial score (nSPS) is 13.1. The number of rotatable bonds is 12. The predicted molar refractivity (Wildman–Crippen MR) is 124 cm³/mol. The Morgan fingerprint density at radius 3 is 2.26 bits per heavy atom. The summed E-state index contributed by atoms with van der Waals surface area (Å²) in [5.41, 5.74) is 6.05. The van der Waals surface area contributed by atoms with Crippen molar-refractivity contribution in [3.63, 3.8) is 0 Å². The molecule has 0 aliphatic rings. The number of phenolic OH excluding ortho intramolecular Hbond substituents is 1. The van der Waals surface area contributed by atoms with Crippen LogP contribution < -0.4 is 27.0 Å². The lowest BCUT2D eigenvalue weighted by molar-refractivity contribution is -0.132. The Balaban J connectivity index is 1.81. The SMILES string of the molecule is C[C@H](NC(=O)CNc1ncc(C=O)s1)C(=O)N[C@@H](C)C(=O)N[C@@H](Cc1ccc(O)cc1)C(N)=O. The fourth-order valence-corrected chi connectivity index (χ4v) is 3.35. The first kappa shape index (κ1) is 26.3. The molecule has 182 valence electrons. The molecule has 0 fully saturated rings. The number of primary amides is 1. The first-order chi connectivity index (χ1) is 16.1. The molecule has 0 saturated carbocycles. The van der Waals surface area contributed by atoms with Gasteiger partial charge in [-0.1, -0.05) is 23.5 Å². The number of thiazole rings is 1. The van der Waals surface area contributed by atoms with E-state index in [0.717, 1.165) is 11.3 Å². The number of amides is 4. The average Bonchev–Trinajstić information content (AvgIpc) is 3.26. The van der Waals surface area contributed by atoms with Crippen molar-refractivity contribution in [2.24, 2.45) is 5.73 Å². The molecule has 1 heterocycles. The van der Waals surface area contributed by atoms with Gasteiger partial charge in [-0.05, 0) is 31.5 Å². The highest BCUT2D eigenvalue weighted by atomic mass is 32.1. The third kappa shape index (κ3) is 8.16. The van der Waals surface area contributed by atoms with Crippen molar-refractivity contribution in [1.82, 2.24) is 20.9 Å². The molecule has 3 atom stereocenters. The lowest BCUT2D eigenvalue weighted by Gasteiger charge is -2.21. The van der Waals surface area contributed by atoms with E-state index in [1.807, 2.05) is 0 Å². The zero-order chi connectivity index (χ0) is 25.3. The third-order valence-electron chi connectivity index (χ3n) is 4.60. The molecule has 0 aliphatic carbocycles. The van der Waals surface area contributed by atoms with Crippen LogP contribution in [0.1, 0.15) is 29.1 Å². The zero-order valence-corrected chi connectivity index (χ0v) is 19.3. The van der Waals surface area contributed by atoms with Crippen LogP contribution >= 0.6 is 11.3 Å². The van der Waals surface area contributed by atoms with Crippen molar-refractivity contribution in [3.05, 3.63) is 40.9 Å². The van der Waals surface area contributed by atoms with Crippen molar-refractivity contribution >= 4 is 46.4 Å². The van der Waals surface area contributed by atoms with E-state index >= 15 is 0 Å². The Hall–Kier alpha value is -4.00. The zero-order valence-electron chi connectivity index (χ0n) is 18.5. The molecule has 0 unspecified atom stereocenters. The molecule has 12 nitrogen and oxygen atoms in total. The topological polar surface area (TPSA) is 193 Å². The molecule has 0 saturated heterocycles. The number of nitrogens with two attached hydrogens (primary N) is 1. The van der Waals surface area contributed by atoms with Crippen LogP contribution in [0.15, 0.2) is 30.5 Å². The Bertz CT molecular complexity index is 1040. The number of nitrogens with one attached hydrogen (secondary N) is 4. The highest BCUT2D eigenvalue weighted by Crippen LogP contribution is 2.15. The fourth-order valence-electron chi connectivity index (χ4n) is 2.73. The van der Waals surface area contributed by atoms with Crippen LogP contribution in [0, 0.1) is 0 Å². The van der Waals surface area contributed by atoms with Crippen LogP contribution in [0.4, 0.5) is 5.13 Å². The summed E-state index contributed by atoms with van der Waals surface area (Å²) in [6.45, 7) is 2.70. The van der Waals surface area contributed by atoms with Gasteiger partial charge in [0, 0.05) is 6.42 Å². The van der Waals surface area contributed by atoms with Crippen LogP contribution in [-0.2, 0) is 25.6 Å². The van der Waals surface area contributed by atoms with E-state index in [2.05, 4.69) is 26.3 Å². The van der Waals surface area contributed by atoms with Crippen molar-refractivity contribution in [3.8, 4) is 5.75 Å².